The average Bonchev–Trinajstić information content (AvgIpc) is 2.25. The number of hydrogen-bond acceptors (Lipinski definition) is 2. The maximum atomic E-state index is 10.9. The highest BCUT2D eigenvalue weighted by Gasteiger charge is 2.28. The van der Waals surface area contributed by atoms with Gasteiger partial charge in [-0.2, -0.15) is 0 Å². The Hall–Kier alpha value is -0.970. The van der Waals surface area contributed by atoms with Crippen molar-refractivity contribution in [1.82, 2.24) is 0 Å². The Kier molecular flexibility index (Phi) is 4.41. The molecule has 0 N–H and O–H groups in total. The third kappa shape index (κ3) is 3.89. The summed E-state index contributed by atoms with van der Waals surface area (Å²) < 4.78 is 4.50. The van der Waals surface area contributed by atoms with Gasteiger partial charge in [-0.1, -0.05) is 26.7 Å². The fourth-order valence-electron chi connectivity index (χ4n) is 2.32. The highest BCUT2D eigenvalue weighted by atomic mass is 16.5. The van der Waals surface area contributed by atoms with Crippen LogP contribution in [0, 0.1) is 29.1 Å². The van der Waals surface area contributed by atoms with Gasteiger partial charge < -0.3 is 4.74 Å². The molecule has 0 aromatic rings. The van der Waals surface area contributed by atoms with Crippen molar-refractivity contribution in [3.63, 3.8) is 0 Å². The lowest BCUT2D eigenvalue weighted by Gasteiger charge is -2.35. The normalized spacial score (nSPS) is 25.5. The van der Waals surface area contributed by atoms with Crippen LogP contribution >= 0.6 is 0 Å². The molecule has 0 aliphatic heterocycles. The molecule has 90 valence electrons. The molecular formula is C14H22O2. The molecule has 1 rings (SSSR count). The van der Waals surface area contributed by atoms with E-state index in [1.807, 2.05) is 0 Å². The Morgan fingerprint density at radius 3 is 2.19 bits per heavy atom. The smallest absolute Gasteiger partial charge is 0.384 e. The first kappa shape index (κ1) is 13.1. The molecule has 2 nitrogen and oxygen atoms in total. The lowest BCUT2D eigenvalue weighted by Crippen LogP contribution is -2.25. The predicted octanol–water partition coefficient (Wildman–Crippen LogP) is 3.02. The van der Waals surface area contributed by atoms with Gasteiger partial charge in [0.25, 0.3) is 0 Å². The van der Waals surface area contributed by atoms with Crippen molar-refractivity contribution in [1.29, 1.82) is 0 Å². The molecule has 0 unspecified atom stereocenters. The summed E-state index contributed by atoms with van der Waals surface area (Å²) in [7, 11) is 1.37. The standard InChI is InChI=1S/C14H22O2/c1-14(2,3)12-8-5-11(6-9-12)7-10-13(15)16-4/h11-12H,5-6,8-9H2,1-4H3. The van der Waals surface area contributed by atoms with Crippen molar-refractivity contribution in [3.05, 3.63) is 0 Å². The van der Waals surface area contributed by atoms with Gasteiger partial charge in [-0.25, -0.2) is 4.79 Å². The minimum atomic E-state index is -0.419. The summed E-state index contributed by atoms with van der Waals surface area (Å²) in [4.78, 5) is 10.9. The van der Waals surface area contributed by atoms with E-state index >= 15 is 0 Å². The second-order valence-electron chi connectivity index (χ2n) is 5.68. The van der Waals surface area contributed by atoms with Gasteiger partial charge in [0.2, 0.25) is 0 Å². The van der Waals surface area contributed by atoms with Crippen LogP contribution in [0.2, 0.25) is 0 Å². The topological polar surface area (TPSA) is 26.3 Å². The third-order valence-electron chi connectivity index (χ3n) is 3.52. The minimum Gasteiger partial charge on any atom is -0.459 e. The van der Waals surface area contributed by atoms with Gasteiger partial charge in [0.05, 0.1) is 7.11 Å². The fourth-order valence-corrected chi connectivity index (χ4v) is 2.32. The highest BCUT2D eigenvalue weighted by molar-refractivity contribution is 5.88. The molecule has 0 heterocycles. The van der Waals surface area contributed by atoms with Crippen LogP contribution in [0.1, 0.15) is 46.5 Å². The van der Waals surface area contributed by atoms with Gasteiger partial charge in [-0.05, 0) is 37.0 Å². The lowest BCUT2D eigenvalue weighted by molar-refractivity contribution is -0.133. The van der Waals surface area contributed by atoms with Gasteiger partial charge >= 0.3 is 5.97 Å². The van der Waals surface area contributed by atoms with Crippen LogP contribution in [0.4, 0.5) is 0 Å². The van der Waals surface area contributed by atoms with Crippen molar-refractivity contribution in [2.45, 2.75) is 46.5 Å². The summed E-state index contributed by atoms with van der Waals surface area (Å²) in [5.74, 6) is 6.33. The first-order valence-electron chi connectivity index (χ1n) is 6.03. The molecule has 1 saturated carbocycles. The van der Waals surface area contributed by atoms with E-state index in [2.05, 4.69) is 37.3 Å². The quantitative estimate of drug-likeness (QED) is 0.358. The molecular weight excluding hydrogens is 200 g/mol. The minimum absolute atomic E-state index is 0.387. The Balaban J connectivity index is 2.43. The molecule has 16 heavy (non-hydrogen) atoms. The summed E-state index contributed by atoms with van der Waals surface area (Å²) in [5, 5.41) is 0. The predicted molar refractivity (Wildman–Crippen MR) is 64.7 cm³/mol. The van der Waals surface area contributed by atoms with Crippen LogP contribution in [-0.4, -0.2) is 13.1 Å². The summed E-state index contributed by atoms with van der Waals surface area (Å²) in [5.41, 5.74) is 0.404. The second-order valence-corrected chi connectivity index (χ2v) is 5.68. The molecule has 0 spiro atoms. The molecule has 2 heteroatoms. The van der Waals surface area contributed by atoms with Crippen LogP contribution in [0.15, 0.2) is 0 Å². The van der Waals surface area contributed by atoms with Crippen LogP contribution in [0.3, 0.4) is 0 Å². The molecule has 0 aromatic heterocycles. The Morgan fingerprint density at radius 1 is 1.19 bits per heavy atom. The van der Waals surface area contributed by atoms with Crippen molar-refractivity contribution in [2.75, 3.05) is 7.11 Å². The molecule has 0 bridgehead atoms. The Labute approximate surface area is 98.8 Å². The monoisotopic (exact) mass is 222 g/mol. The van der Waals surface area contributed by atoms with E-state index in [1.165, 1.54) is 20.0 Å². The van der Waals surface area contributed by atoms with Crippen molar-refractivity contribution in [2.24, 2.45) is 17.3 Å². The molecule has 0 atom stereocenters. The van der Waals surface area contributed by atoms with E-state index < -0.39 is 5.97 Å². The summed E-state index contributed by atoms with van der Waals surface area (Å²) >= 11 is 0. The second kappa shape index (κ2) is 5.39. The highest BCUT2D eigenvalue weighted by Crippen LogP contribution is 2.39. The Bertz CT molecular complexity index is 293. The maximum Gasteiger partial charge on any atom is 0.384 e. The Morgan fingerprint density at radius 2 is 1.75 bits per heavy atom. The number of carbonyl (C=O) groups is 1. The summed E-state index contributed by atoms with van der Waals surface area (Å²) in [6.07, 6.45) is 4.69. The molecule has 0 saturated heterocycles. The van der Waals surface area contributed by atoms with Gasteiger partial charge in [0.1, 0.15) is 0 Å². The number of ether oxygens (including phenoxy) is 1. The number of rotatable bonds is 0. The zero-order valence-electron chi connectivity index (χ0n) is 10.8. The van der Waals surface area contributed by atoms with E-state index in [-0.39, 0.29) is 0 Å². The fraction of sp³-hybridized carbons (Fsp3) is 0.786. The van der Waals surface area contributed by atoms with Crippen molar-refractivity contribution in [3.8, 4) is 11.8 Å². The molecule has 1 aliphatic rings. The molecule has 0 radical (unpaired) electrons. The summed E-state index contributed by atoms with van der Waals surface area (Å²) in [6.45, 7) is 6.91. The van der Waals surface area contributed by atoms with Crippen molar-refractivity contribution >= 4 is 5.97 Å². The van der Waals surface area contributed by atoms with E-state index in [0.29, 0.717) is 11.3 Å². The van der Waals surface area contributed by atoms with Gasteiger partial charge in [-0.3, -0.25) is 0 Å². The van der Waals surface area contributed by atoms with Gasteiger partial charge in [0.15, 0.2) is 0 Å². The number of carbonyl (C=O) groups excluding carboxylic acids is 1. The van der Waals surface area contributed by atoms with Crippen LogP contribution in [0.25, 0.3) is 0 Å². The molecule has 1 fully saturated rings. The largest absolute Gasteiger partial charge is 0.459 e. The first-order chi connectivity index (χ1) is 7.43. The van der Waals surface area contributed by atoms with E-state index in [0.717, 1.165) is 18.8 Å². The van der Waals surface area contributed by atoms with Gasteiger partial charge in [0, 0.05) is 11.8 Å². The zero-order valence-corrected chi connectivity index (χ0v) is 10.8. The number of methoxy groups -OCH3 is 1. The van der Waals surface area contributed by atoms with Crippen LogP contribution < -0.4 is 0 Å². The van der Waals surface area contributed by atoms with Crippen molar-refractivity contribution < 1.29 is 9.53 Å². The SMILES string of the molecule is COC(=O)C#CC1CCC(C(C)(C)C)CC1. The van der Waals surface area contributed by atoms with E-state index in [1.54, 1.807) is 0 Å². The van der Waals surface area contributed by atoms with E-state index in [4.69, 9.17) is 0 Å². The van der Waals surface area contributed by atoms with Gasteiger partial charge in [-0.15, -0.1) is 0 Å². The molecule has 0 aromatic carbocycles. The lowest BCUT2D eigenvalue weighted by atomic mass is 9.70. The zero-order chi connectivity index (χ0) is 12.2. The number of esters is 1. The molecule has 0 amide bonds. The summed E-state index contributed by atoms with van der Waals surface area (Å²) in [6, 6.07) is 0. The van der Waals surface area contributed by atoms with Crippen LogP contribution in [0.5, 0.6) is 0 Å². The average molecular weight is 222 g/mol. The maximum absolute atomic E-state index is 10.9. The third-order valence-corrected chi connectivity index (χ3v) is 3.52. The van der Waals surface area contributed by atoms with Crippen LogP contribution in [-0.2, 0) is 9.53 Å². The number of hydrogen-bond donors (Lipinski definition) is 0. The van der Waals surface area contributed by atoms with E-state index in [9.17, 15) is 4.79 Å². The first-order valence-corrected chi connectivity index (χ1v) is 6.03. The molecule has 1 aliphatic carbocycles.